The van der Waals surface area contributed by atoms with Gasteiger partial charge in [-0.05, 0) is 42.7 Å². The van der Waals surface area contributed by atoms with E-state index in [1.54, 1.807) is 19.0 Å². The van der Waals surface area contributed by atoms with Crippen LogP contribution in [0.3, 0.4) is 0 Å². The second-order valence-electron chi connectivity index (χ2n) is 8.42. The average molecular weight is 490 g/mol. The minimum atomic E-state index is -1.88. The van der Waals surface area contributed by atoms with E-state index in [0.717, 1.165) is 17.7 Å². The number of aliphatic imine (C=N–C) groups is 1. The number of anilines is 1. The molecule has 2 aromatic rings. The Morgan fingerprint density at radius 3 is 2.71 bits per heavy atom. The Labute approximate surface area is 199 Å². The lowest BCUT2D eigenvalue weighted by Crippen LogP contribution is -2.37. The van der Waals surface area contributed by atoms with Crippen LogP contribution in [0.2, 0.25) is 0 Å². The molecule has 2 heterocycles. The highest BCUT2D eigenvalue weighted by atomic mass is 32.2. The third-order valence-corrected chi connectivity index (χ3v) is 7.26. The molecule has 182 valence electrons. The topological polar surface area (TPSA) is 82.3 Å². The zero-order valence-electron chi connectivity index (χ0n) is 19.5. The van der Waals surface area contributed by atoms with E-state index in [9.17, 15) is 8.78 Å². The molecule has 7 nitrogen and oxygen atoms in total. The summed E-state index contributed by atoms with van der Waals surface area (Å²) < 4.78 is 53.4. The van der Waals surface area contributed by atoms with Crippen LogP contribution in [-0.4, -0.2) is 50.5 Å². The minimum Gasteiger partial charge on any atom is -0.494 e. The first-order valence-electron chi connectivity index (χ1n) is 11.0. The van der Waals surface area contributed by atoms with Crippen LogP contribution in [-0.2, 0) is 15.4 Å². The molecule has 0 radical (unpaired) electrons. The summed E-state index contributed by atoms with van der Waals surface area (Å²) in [7, 11) is 1.51. The van der Waals surface area contributed by atoms with E-state index in [4.69, 9.17) is 14.3 Å². The average Bonchev–Trinajstić information content (AvgIpc) is 2.78. The van der Waals surface area contributed by atoms with Crippen molar-refractivity contribution in [3.05, 3.63) is 65.4 Å². The van der Waals surface area contributed by atoms with Crippen LogP contribution in [0.15, 0.2) is 57.8 Å². The van der Waals surface area contributed by atoms with E-state index < -0.39 is 27.6 Å². The van der Waals surface area contributed by atoms with Gasteiger partial charge in [-0.1, -0.05) is 9.62 Å². The van der Waals surface area contributed by atoms with Crippen molar-refractivity contribution in [1.29, 1.82) is 4.78 Å². The molecule has 4 rings (SSSR count). The van der Waals surface area contributed by atoms with Crippen molar-refractivity contribution in [3.63, 3.8) is 0 Å². The van der Waals surface area contributed by atoms with E-state index in [2.05, 4.69) is 14.7 Å². The SMILES string of the molecule is CN=S(C)(=N)Cc1cc2cc(c1)OCCCCOc1cc(F)ccc1C1=NC(N2)N(C)C=C1F. The number of benzene rings is 2. The van der Waals surface area contributed by atoms with Crippen LogP contribution < -0.4 is 14.8 Å². The zero-order valence-corrected chi connectivity index (χ0v) is 20.3. The zero-order chi connectivity index (χ0) is 24.3. The van der Waals surface area contributed by atoms with Gasteiger partial charge in [0, 0.05) is 55.7 Å². The molecule has 2 unspecified atom stereocenters. The molecule has 0 aliphatic carbocycles. The maximum absolute atomic E-state index is 15.0. The highest BCUT2D eigenvalue weighted by Gasteiger charge is 2.25. The molecule has 0 saturated carbocycles. The molecule has 2 atom stereocenters. The first-order chi connectivity index (χ1) is 16.2. The molecule has 0 saturated heterocycles. The molecule has 10 heteroatoms. The maximum Gasteiger partial charge on any atom is 0.196 e. The van der Waals surface area contributed by atoms with Gasteiger partial charge in [0.2, 0.25) is 0 Å². The van der Waals surface area contributed by atoms with Crippen LogP contribution in [0.5, 0.6) is 11.5 Å². The van der Waals surface area contributed by atoms with Crippen LogP contribution >= 0.6 is 0 Å². The van der Waals surface area contributed by atoms with Crippen molar-refractivity contribution < 1.29 is 18.3 Å². The summed E-state index contributed by atoms with van der Waals surface area (Å²) in [5.74, 6) is 0.434. The van der Waals surface area contributed by atoms with Crippen molar-refractivity contribution in [1.82, 2.24) is 4.90 Å². The number of ether oxygens (including phenoxy) is 2. The Morgan fingerprint density at radius 1 is 1.18 bits per heavy atom. The summed E-state index contributed by atoms with van der Waals surface area (Å²) in [5, 5.41) is 3.33. The van der Waals surface area contributed by atoms with Gasteiger partial charge in [-0.25, -0.2) is 13.8 Å². The lowest BCUT2D eigenvalue weighted by atomic mass is 10.1. The van der Waals surface area contributed by atoms with Gasteiger partial charge in [-0.3, -0.25) is 9.14 Å². The number of allylic oxidation sites excluding steroid dienone is 1. The third-order valence-electron chi connectivity index (χ3n) is 5.56. The number of halogens is 2. The molecular formula is C24H29F2N5O2S. The fraction of sp³-hybridized carbons (Fsp3) is 0.375. The van der Waals surface area contributed by atoms with E-state index in [1.165, 1.54) is 24.4 Å². The number of hydrogen-bond acceptors (Lipinski definition) is 7. The molecule has 34 heavy (non-hydrogen) atoms. The van der Waals surface area contributed by atoms with Gasteiger partial charge in [0.25, 0.3) is 0 Å². The molecule has 2 aliphatic rings. The number of rotatable bonds is 2. The van der Waals surface area contributed by atoms with Crippen molar-refractivity contribution in [2.45, 2.75) is 24.9 Å². The van der Waals surface area contributed by atoms with E-state index >= 15 is 0 Å². The summed E-state index contributed by atoms with van der Waals surface area (Å²) in [6.45, 7) is 0.816. The second kappa shape index (κ2) is 10.0. The Morgan fingerprint density at radius 2 is 1.94 bits per heavy atom. The molecule has 4 bridgehead atoms. The first kappa shape index (κ1) is 24.0. The summed E-state index contributed by atoms with van der Waals surface area (Å²) in [6, 6.07) is 9.78. The maximum atomic E-state index is 15.0. The van der Waals surface area contributed by atoms with Gasteiger partial charge in [0.1, 0.15) is 23.0 Å². The smallest absolute Gasteiger partial charge is 0.196 e. The number of nitrogens with zero attached hydrogens (tertiary/aromatic N) is 3. The van der Waals surface area contributed by atoms with Gasteiger partial charge < -0.3 is 19.7 Å². The van der Waals surface area contributed by atoms with Crippen molar-refractivity contribution in [3.8, 4) is 11.5 Å². The normalized spacial score (nSPS) is 20.0. The molecule has 2 aliphatic heterocycles. The number of hydrogen-bond donors (Lipinski definition) is 2. The van der Waals surface area contributed by atoms with E-state index in [0.29, 0.717) is 36.7 Å². The quantitative estimate of drug-likeness (QED) is 0.609. The van der Waals surface area contributed by atoms with Crippen molar-refractivity contribution in [2.75, 3.05) is 38.9 Å². The summed E-state index contributed by atoms with van der Waals surface area (Å²) >= 11 is 0. The molecular weight excluding hydrogens is 460 g/mol. The van der Waals surface area contributed by atoms with E-state index in [1.807, 2.05) is 24.5 Å². The fourth-order valence-electron chi connectivity index (χ4n) is 3.75. The van der Waals surface area contributed by atoms with Crippen LogP contribution in [0, 0.1) is 10.6 Å². The Bertz CT molecular complexity index is 1250. The Balaban J connectivity index is 1.76. The predicted octanol–water partition coefficient (Wildman–Crippen LogP) is 5.18. The molecule has 2 N–H and O–H groups in total. The Hall–Kier alpha value is -3.14. The van der Waals surface area contributed by atoms with Crippen molar-refractivity contribution >= 4 is 21.0 Å². The van der Waals surface area contributed by atoms with Crippen LogP contribution in [0.25, 0.3) is 0 Å². The van der Waals surface area contributed by atoms with Gasteiger partial charge in [-0.2, -0.15) is 0 Å². The van der Waals surface area contributed by atoms with Gasteiger partial charge in [0.05, 0.1) is 13.2 Å². The molecule has 0 fully saturated rings. The monoisotopic (exact) mass is 489 g/mol. The molecule has 0 aromatic heterocycles. The lowest BCUT2D eigenvalue weighted by Gasteiger charge is -2.30. The summed E-state index contributed by atoms with van der Waals surface area (Å²) in [6.07, 6.45) is 3.98. The fourth-order valence-corrected chi connectivity index (χ4v) is 4.70. The van der Waals surface area contributed by atoms with Gasteiger partial charge in [0.15, 0.2) is 12.1 Å². The largest absolute Gasteiger partial charge is 0.494 e. The third kappa shape index (κ3) is 5.67. The van der Waals surface area contributed by atoms with Crippen molar-refractivity contribution in [2.24, 2.45) is 9.36 Å². The highest BCUT2D eigenvalue weighted by Crippen LogP contribution is 2.30. The van der Waals surface area contributed by atoms with Gasteiger partial charge in [-0.15, -0.1) is 0 Å². The summed E-state index contributed by atoms with van der Waals surface area (Å²) in [4.78, 5) is 6.21. The van der Waals surface area contributed by atoms with Gasteiger partial charge >= 0.3 is 0 Å². The molecule has 0 amide bonds. The second-order valence-corrected chi connectivity index (χ2v) is 11.1. The minimum absolute atomic E-state index is 0.0982. The number of fused-ring (bicyclic) bond motifs is 5. The number of nitrogens with one attached hydrogen (secondary N) is 2. The standard InChI is InChI=1S/C24H29F2N5O2S/c1-28-34(3,27)15-16-10-18-13-19(11-16)32-8-4-5-9-33-22-12-17(25)6-7-20(22)23-21(26)14-31(2)24(29-18)30-23/h6-7,10-14,24,27,29H,4-5,8-9,15H2,1-3H3. The lowest BCUT2D eigenvalue weighted by molar-refractivity contribution is 0.265. The van der Waals surface area contributed by atoms with Crippen LogP contribution in [0.4, 0.5) is 14.5 Å². The van der Waals surface area contributed by atoms with Crippen LogP contribution in [0.1, 0.15) is 24.0 Å². The highest BCUT2D eigenvalue weighted by molar-refractivity contribution is 7.93. The molecule has 2 aromatic carbocycles. The Kier molecular flexibility index (Phi) is 7.06. The predicted molar refractivity (Wildman–Crippen MR) is 132 cm³/mol. The van der Waals surface area contributed by atoms with E-state index in [-0.39, 0.29) is 11.5 Å². The first-order valence-corrected chi connectivity index (χ1v) is 13.2. The summed E-state index contributed by atoms with van der Waals surface area (Å²) in [5.41, 5.74) is 2.16. The molecule has 0 spiro atoms.